The highest BCUT2D eigenvalue weighted by Crippen LogP contribution is 2.34. The summed E-state index contributed by atoms with van der Waals surface area (Å²) in [7, 11) is 1.25. The fourth-order valence-electron chi connectivity index (χ4n) is 2.61. The number of carboxylic acids is 1. The molecule has 1 heterocycles. The first-order chi connectivity index (χ1) is 13.7. The van der Waals surface area contributed by atoms with Crippen LogP contribution in [0.25, 0.3) is 17.5 Å². The lowest BCUT2D eigenvalue weighted by Crippen LogP contribution is -3.11. The van der Waals surface area contributed by atoms with Crippen LogP contribution in [-0.2, 0) is 0 Å². The summed E-state index contributed by atoms with van der Waals surface area (Å²) in [5.74, 6) is -3.00. The number of aromatic carboxylic acids is 1. The van der Waals surface area contributed by atoms with Crippen LogP contribution in [0.4, 0.5) is 10.2 Å². The van der Waals surface area contributed by atoms with Crippen LogP contribution in [0.2, 0.25) is 5.02 Å². The molecular weight excluding hydrogens is 399 g/mol. The van der Waals surface area contributed by atoms with Crippen molar-refractivity contribution in [3.8, 4) is 17.1 Å². The van der Waals surface area contributed by atoms with Crippen molar-refractivity contribution < 1.29 is 23.9 Å². The molecule has 0 saturated heterocycles. The third kappa shape index (κ3) is 5.88. The molecule has 0 spiro atoms. The molecule has 0 unspecified atom stereocenters. The third-order valence-electron chi connectivity index (χ3n) is 4.37. The van der Waals surface area contributed by atoms with Crippen molar-refractivity contribution in [2.24, 2.45) is 0 Å². The molecule has 2 aromatic rings. The third-order valence-corrected chi connectivity index (χ3v) is 4.66. The van der Waals surface area contributed by atoms with Gasteiger partial charge in [0.15, 0.2) is 17.4 Å². The number of hydrogen-bond acceptors (Lipinski definition) is 6. The molecule has 3 N–H and O–H groups in total. The molecule has 0 amide bonds. The standard InChI is InChI=1S/C14H11ClFN3O3.C6H15N/c1-3-6-10(14(20)21)18-13(19-12(6)17)7-4-5-8(15)11(22-2)9(7)16;1-4-7(5-2)6-3/h3-5H,1H2,2H3,(H,20,21)(H2,17,18,19);4-6H2,1-3H3. The SMILES string of the molecule is C=Cc1c(N)nc(-c2ccc(Cl)c(OC)c2F)nc1C(=O)[O-].CC[NH+](CC)CC. The molecule has 0 radical (unpaired) electrons. The first kappa shape index (κ1) is 24.3. The first-order valence-electron chi connectivity index (χ1n) is 9.12. The zero-order valence-corrected chi connectivity index (χ0v) is 17.8. The van der Waals surface area contributed by atoms with Gasteiger partial charge in [0, 0.05) is 5.56 Å². The Hall–Kier alpha value is -2.71. The number of ether oxygens (including phenoxy) is 1. The van der Waals surface area contributed by atoms with E-state index >= 15 is 0 Å². The van der Waals surface area contributed by atoms with Crippen LogP contribution in [-0.4, -0.2) is 42.7 Å². The average molecular weight is 425 g/mol. The lowest BCUT2D eigenvalue weighted by Gasteiger charge is -2.13. The fourth-order valence-corrected chi connectivity index (χ4v) is 2.83. The van der Waals surface area contributed by atoms with E-state index in [9.17, 15) is 14.3 Å². The topological polar surface area (TPSA) is 106 Å². The number of halogens is 2. The summed E-state index contributed by atoms with van der Waals surface area (Å²) < 4.78 is 19.2. The van der Waals surface area contributed by atoms with Crippen molar-refractivity contribution in [2.75, 3.05) is 32.5 Å². The summed E-state index contributed by atoms with van der Waals surface area (Å²) in [6.07, 6.45) is 1.18. The summed E-state index contributed by atoms with van der Waals surface area (Å²) in [6.45, 7) is 13.9. The maximum atomic E-state index is 14.4. The van der Waals surface area contributed by atoms with Gasteiger partial charge in [-0.05, 0) is 32.9 Å². The number of anilines is 1. The molecule has 1 aromatic heterocycles. The average Bonchev–Trinajstić information content (AvgIpc) is 2.69. The van der Waals surface area contributed by atoms with E-state index in [0.717, 1.165) is 0 Å². The van der Waals surface area contributed by atoms with Gasteiger partial charge in [0.1, 0.15) is 5.82 Å². The maximum Gasteiger partial charge on any atom is 0.177 e. The van der Waals surface area contributed by atoms with E-state index in [1.165, 1.54) is 45.0 Å². The largest absolute Gasteiger partial charge is 0.543 e. The second kappa shape index (κ2) is 11.3. The van der Waals surface area contributed by atoms with E-state index in [4.69, 9.17) is 22.1 Å². The molecule has 0 saturated carbocycles. The normalized spacial score (nSPS) is 10.3. The van der Waals surface area contributed by atoms with Gasteiger partial charge in [-0.25, -0.2) is 14.4 Å². The van der Waals surface area contributed by atoms with Gasteiger partial charge < -0.3 is 25.3 Å². The number of rotatable bonds is 7. The lowest BCUT2D eigenvalue weighted by molar-refractivity contribution is -0.894. The lowest BCUT2D eigenvalue weighted by atomic mass is 10.1. The highest BCUT2D eigenvalue weighted by atomic mass is 35.5. The van der Waals surface area contributed by atoms with Gasteiger partial charge in [0.25, 0.3) is 0 Å². The number of nitrogens with zero attached hydrogens (tertiary/aromatic N) is 2. The molecular formula is C20H26ClFN4O3. The predicted molar refractivity (Wildman–Crippen MR) is 110 cm³/mol. The number of nitrogen functional groups attached to an aromatic ring is 1. The van der Waals surface area contributed by atoms with E-state index in [0.29, 0.717) is 0 Å². The van der Waals surface area contributed by atoms with Crippen molar-refractivity contribution in [3.05, 3.63) is 40.8 Å². The number of quaternary nitrogens is 1. The minimum atomic E-state index is -1.58. The van der Waals surface area contributed by atoms with Gasteiger partial charge in [0.2, 0.25) is 0 Å². The fraction of sp³-hybridized carbons (Fsp3) is 0.350. The van der Waals surface area contributed by atoms with Gasteiger partial charge in [-0.2, -0.15) is 0 Å². The number of nitrogens with one attached hydrogen (secondary N) is 1. The highest BCUT2D eigenvalue weighted by Gasteiger charge is 2.19. The number of methoxy groups -OCH3 is 1. The predicted octanol–water partition coefficient (Wildman–Crippen LogP) is 1.46. The molecule has 0 fully saturated rings. The second-order valence-electron chi connectivity index (χ2n) is 5.94. The smallest absolute Gasteiger partial charge is 0.177 e. The quantitative estimate of drug-likeness (QED) is 0.697. The molecule has 0 aliphatic heterocycles. The van der Waals surface area contributed by atoms with Crippen LogP contribution >= 0.6 is 11.6 Å². The monoisotopic (exact) mass is 424 g/mol. The van der Waals surface area contributed by atoms with Crippen molar-refractivity contribution in [1.82, 2.24) is 9.97 Å². The maximum absolute atomic E-state index is 14.4. The van der Waals surface area contributed by atoms with Crippen molar-refractivity contribution in [1.29, 1.82) is 0 Å². The van der Waals surface area contributed by atoms with Gasteiger partial charge >= 0.3 is 0 Å². The molecule has 1 aromatic carbocycles. The highest BCUT2D eigenvalue weighted by molar-refractivity contribution is 6.32. The Morgan fingerprint density at radius 2 is 1.90 bits per heavy atom. The number of benzene rings is 1. The van der Waals surface area contributed by atoms with Gasteiger partial charge in [-0.15, -0.1) is 0 Å². The molecule has 0 bridgehead atoms. The van der Waals surface area contributed by atoms with E-state index in [-0.39, 0.29) is 33.5 Å². The zero-order valence-electron chi connectivity index (χ0n) is 17.0. The summed E-state index contributed by atoms with van der Waals surface area (Å²) in [6, 6.07) is 2.67. The summed E-state index contributed by atoms with van der Waals surface area (Å²) in [5.41, 5.74) is 5.08. The Morgan fingerprint density at radius 1 is 1.31 bits per heavy atom. The Morgan fingerprint density at radius 3 is 2.31 bits per heavy atom. The van der Waals surface area contributed by atoms with E-state index in [1.807, 2.05) is 0 Å². The summed E-state index contributed by atoms with van der Waals surface area (Å²) in [4.78, 5) is 20.5. The van der Waals surface area contributed by atoms with Crippen LogP contribution < -0.4 is 20.5 Å². The molecule has 7 nitrogen and oxygen atoms in total. The van der Waals surface area contributed by atoms with Crippen LogP contribution in [0.5, 0.6) is 5.75 Å². The molecule has 158 valence electrons. The number of nitrogens with two attached hydrogens (primary N) is 1. The molecule has 0 atom stereocenters. The number of carboxylic acid groups (broad SMARTS) is 1. The number of carbonyl (C=O) groups excluding carboxylic acids is 1. The summed E-state index contributed by atoms with van der Waals surface area (Å²) >= 11 is 5.80. The molecule has 2 rings (SSSR count). The minimum absolute atomic E-state index is 0.00471. The van der Waals surface area contributed by atoms with Crippen LogP contribution in [0.15, 0.2) is 18.7 Å². The molecule has 29 heavy (non-hydrogen) atoms. The molecule has 9 heteroatoms. The van der Waals surface area contributed by atoms with Crippen LogP contribution in [0, 0.1) is 5.82 Å². The second-order valence-corrected chi connectivity index (χ2v) is 6.35. The molecule has 0 aliphatic rings. The van der Waals surface area contributed by atoms with E-state index in [1.54, 1.807) is 4.90 Å². The van der Waals surface area contributed by atoms with Crippen molar-refractivity contribution in [2.45, 2.75) is 20.8 Å². The van der Waals surface area contributed by atoms with Crippen LogP contribution in [0.1, 0.15) is 36.8 Å². The van der Waals surface area contributed by atoms with Crippen molar-refractivity contribution >= 4 is 29.5 Å². The van der Waals surface area contributed by atoms with Gasteiger partial charge in [0.05, 0.1) is 49.0 Å². The molecule has 0 aliphatic carbocycles. The Balaban J connectivity index is 0.000000516. The van der Waals surface area contributed by atoms with Crippen molar-refractivity contribution in [3.63, 3.8) is 0 Å². The number of hydrogen-bond donors (Lipinski definition) is 2. The number of aromatic nitrogens is 2. The van der Waals surface area contributed by atoms with E-state index < -0.39 is 17.5 Å². The minimum Gasteiger partial charge on any atom is -0.543 e. The van der Waals surface area contributed by atoms with Gasteiger partial charge in [-0.3, -0.25) is 0 Å². The van der Waals surface area contributed by atoms with Crippen LogP contribution in [0.3, 0.4) is 0 Å². The number of carbonyl (C=O) groups is 1. The summed E-state index contributed by atoms with van der Waals surface area (Å²) in [5, 5.41) is 11.2. The Bertz CT molecular complexity index is 868. The zero-order chi connectivity index (χ0) is 22.1. The Labute approximate surface area is 175 Å². The first-order valence-corrected chi connectivity index (χ1v) is 9.50. The van der Waals surface area contributed by atoms with Gasteiger partial charge in [-0.1, -0.05) is 24.3 Å². The van der Waals surface area contributed by atoms with E-state index in [2.05, 4.69) is 37.3 Å². The Kier molecular flexibility index (Phi) is 9.50.